The van der Waals surface area contributed by atoms with E-state index >= 15 is 0 Å². The monoisotopic (exact) mass is 234 g/mol. The number of hydrogen-bond acceptors (Lipinski definition) is 2. The molecule has 0 radical (unpaired) electrons. The van der Waals surface area contributed by atoms with Crippen LogP contribution in [-0.4, -0.2) is 11.4 Å². The lowest BCUT2D eigenvalue weighted by Gasteiger charge is -2.27. The molecule has 0 heterocycles. The molecule has 0 aliphatic rings. The van der Waals surface area contributed by atoms with Gasteiger partial charge in [0.2, 0.25) is 5.91 Å². The second kappa shape index (κ2) is 5.32. The fraction of sp³-hybridized carbons (Fsp3) is 0.500. The summed E-state index contributed by atoms with van der Waals surface area (Å²) in [6, 6.07) is 9.97. The van der Waals surface area contributed by atoms with E-state index in [9.17, 15) is 4.79 Å². The first-order valence-electron chi connectivity index (χ1n) is 5.97. The molecule has 3 N–H and O–H groups in total. The first-order chi connectivity index (χ1) is 7.82. The second-order valence-electron chi connectivity index (χ2n) is 5.33. The zero-order chi connectivity index (χ0) is 13.1. The minimum Gasteiger partial charge on any atom is -0.347 e. The molecule has 0 aliphatic heterocycles. The first-order valence-corrected chi connectivity index (χ1v) is 5.97. The molecule has 1 atom stereocenters. The van der Waals surface area contributed by atoms with Crippen LogP contribution in [0.15, 0.2) is 30.3 Å². The summed E-state index contributed by atoms with van der Waals surface area (Å²) in [6.45, 7) is 7.60. The summed E-state index contributed by atoms with van der Waals surface area (Å²) in [5, 5.41) is 3.01. The van der Waals surface area contributed by atoms with Gasteiger partial charge in [-0.2, -0.15) is 0 Å². The van der Waals surface area contributed by atoms with Crippen molar-refractivity contribution in [3.05, 3.63) is 35.9 Å². The van der Waals surface area contributed by atoms with Crippen LogP contribution < -0.4 is 11.1 Å². The van der Waals surface area contributed by atoms with Crippen molar-refractivity contribution >= 4 is 5.91 Å². The van der Waals surface area contributed by atoms with E-state index in [4.69, 9.17) is 5.73 Å². The highest BCUT2D eigenvalue weighted by Gasteiger charge is 2.26. The molecule has 94 valence electrons. The van der Waals surface area contributed by atoms with E-state index in [2.05, 4.69) is 19.2 Å². The number of benzene rings is 1. The Labute approximate surface area is 103 Å². The summed E-state index contributed by atoms with van der Waals surface area (Å²) in [6.07, 6.45) is 0. The molecule has 0 spiro atoms. The fourth-order valence-corrected chi connectivity index (χ4v) is 1.62. The number of rotatable bonds is 4. The maximum Gasteiger partial charge on any atom is 0.239 e. The Morgan fingerprint density at radius 3 is 2.18 bits per heavy atom. The molecule has 3 nitrogen and oxygen atoms in total. The third-order valence-electron chi connectivity index (χ3n) is 2.70. The summed E-state index contributed by atoms with van der Waals surface area (Å²) < 4.78 is 0. The third-order valence-corrected chi connectivity index (χ3v) is 2.70. The van der Waals surface area contributed by atoms with E-state index in [1.165, 1.54) is 0 Å². The lowest BCUT2D eigenvalue weighted by Crippen LogP contribution is -2.50. The molecule has 0 saturated heterocycles. The van der Waals surface area contributed by atoms with Crippen LogP contribution >= 0.6 is 0 Å². The van der Waals surface area contributed by atoms with Gasteiger partial charge in [0.15, 0.2) is 0 Å². The van der Waals surface area contributed by atoms with Crippen molar-refractivity contribution in [3.8, 4) is 0 Å². The molecule has 17 heavy (non-hydrogen) atoms. The predicted molar refractivity (Wildman–Crippen MR) is 70.4 cm³/mol. The van der Waals surface area contributed by atoms with Gasteiger partial charge in [0.05, 0.1) is 11.6 Å². The van der Waals surface area contributed by atoms with Gasteiger partial charge in [0.25, 0.3) is 0 Å². The van der Waals surface area contributed by atoms with Crippen LogP contribution in [0.2, 0.25) is 0 Å². The maximum atomic E-state index is 11.9. The third kappa shape index (κ3) is 3.86. The molecule has 1 aromatic rings. The number of carbonyl (C=O) groups is 1. The maximum absolute atomic E-state index is 11.9. The number of amides is 1. The molecule has 0 aliphatic carbocycles. The Morgan fingerprint density at radius 2 is 1.76 bits per heavy atom. The van der Waals surface area contributed by atoms with Crippen LogP contribution in [0.5, 0.6) is 0 Å². The minimum absolute atomic E-state index is 0.00604. The van der Waals surface area contributed by atoms with E-state index in [1.54, 1.807) is 13.8 Å². The molecule has 1 unspecified atom stereocenters. The molecule has 0 saturated carbocycles. The molecule has 0 fully saturated rings. The minimum atomic E-state index is -0.845. The number of hydrogen-bond donors (Lipinski definition) is 2. The average molecular weight is 234 g/mol. The fourth-order valence-electron chi connectivity index (χ4n) is 1.62. The summed E-state index contributed by atoms with van der Waals surface area (Å²) in [4.78, 5) is 11.9. The van der Waals surface area contributed by atoms with Crippen LogP contribution in [-0.2, 0) is 4.79 Å². The highest BCUT2D eigenvalue weighted by atomic mass is 16.2. The number of nitrogens with two attached hydrogens (primary N) is 1. The van der Waals surface area contributed by atoms with Gasteiger partial charge in [0, 0.05) is 0 Å². The van der Waals surface area contributed by atoms with Gasteiger partial charge in [-0.15, -0.1) is 0 Å². The van der Waals surface area contributed by atoms with Crippen molar-refractivity contribution in [2.75, 3.05) is 0 Å². The smallest absolute Gasteiger partial charge is 0.239 e. The summed E-state index contributed by atoms with van der Waals surface area (Å²) in [5.41, 5.74) is 6.06. The number of nitrogens with one attached hydrogen (secondary N) is 1. The van der Waals surface area contributed by atoms with Gasteiger partial charge in [-0.05, 0) is 25.3 Å². The highest BCUT2D eigenvalue weighted by Crippen LogP contribution is 2.21. The molecule has 0 aromatic heterocycles. The van der Waals surface area contributed by atoms with Crippen LogP contribution in [0, 0.1) is 5.92 Å². The Hall–Kier alpha value is -1.35. The standard InChI is InChI=1S/C14H22N2O/c1-10(2)12(11-8-6-5-7-9-11)16-13(17)14(3,4)15/h5-10,12H,15H2,1-4H3,(H,16,17). The SMILES string of the molecule is CC(C)C(NC(=O)C(C)(C)N)c1ccccc1. The predicted octanol–water partition coefficient (Wildman–Crippen LogP) is 2.24. The zero-order valence-electron chi connectivity index (χ0n) is 11.0. The molecule has 3 heteroatoms. The summed E-state index contributed by atoms with van der Waals surface area (Å²) in [5.74, 6) is 0.198. The summed E-state index contributed by atoms with van der Waals surface area (Å²) in [7, 11) is 0. The van der Waals surface area contributed by atoms with Gasteiger partial charge >= 0.3 is 0 Å². The second-order valence-corrected chi connectivity index (χ2v) is 5.33. The van der Waals surface area contributed by atoms with E-state index in [-0.39, 0.29) is 11.9 Å². The molecule has 0 bridgehead atoms. The van der Waals surface area contributed by atoms with Crippen molar-refractivity contribution in [3.63, 3.8) is 0 Å². The normalized spacial score (nSPS) is 13.5. The van der Waals surface area contributed by atoms with Gasteiger partial charge in [-0.25, -0.2) is 0 Å². The van der Waals surface area contributed by atoms with Crippen molar-refractivity contribution in [1.82, 2.24) is 5.32 Å². The summed E-state index contributed by atoms with van der Waals surface area (Å²) >= 11 is 0. The van der Waals surface area contributed by atoms with Crippen molar-refractivity contribution in [1.29, 1.82) is 0 Å². The first kappa shape index (κ1) is 13.7. The Balaban J connectivity index is 2.86. The molecular weight excluding hydrogens is 212 g/mol. The molecular formula is C14H22N2O. The zero-order valence-corrected chi connectivity index (χ0v) is 11.0. The Kier molecular flexibility index (Phi) is 4.29. The van der Waals surface area contributed by atoms with Crippen LogP contribution in [0.1, 0.15) is 39.3 Å². The van der Waals surface area contributed by atoms with Crippen molar-refractivity contribution < 1.29 is 4.79 Å². The van der Waals surface area contributed by atoms with Gasteiger partial charge < -0.3 is 11.1 Å². The van der Waals surface area contributed by atoms with Crippen LogP contribution in [0.4, 0.5) is 0 Å². The topological polar surface area (TPSA) is 55.1 Å². The highest BCUT2D eigenvalue weighted by molar-refractivity contribution is 5.85. The quantitative estimate of drug-likeness (QED) is 0.839. The van der Waals surface area contributed by atoms with E-state index in [0.717, 1.165) is 5.56 Å². The number of carbonyl (C=O) groups excluding carboxylic acids is 1. The van der Waals surface area contributed by atoms with Crippen LogP contribution in [0.25, 0.3) is 0 Å². The lowest BCUT2D eigenvalue weighted by molar-refractivity contribution is -0.126. The molecule has 1 aromatic carbocycles. The van der Waals surface area contributed by atoms with Crippen LogP contribution in [0.3, 0.4) is 0 Å². The Bertz CT molecular complexity index is 366. The van der Waals surface area contributed by atoms with E-state index in [1.807, 2.05) is 30.3 Å². The Morgan fingerprint density at radius 1 is 1.24 bits per heavy atom. The lowest BCUT2D eigenvalue weighted by atomic mass is 9.94. The van der Waals surface area contributed by atoms with E-state index < -0.39 is 5.54 Å². The van der Waals surface area contributed by atoms with E-state index in [0.29, 0.717) is 5.92 Å². The molecule has 1 amide bonds. The van der Waals surface area contributed by atoms with Crippen molar-refractivity contribution in [2.24, 2.45) is 11.7 Å². The van der Waals surface area contributed by atoms with Gasteiger partial charge in [-0.1, -0.05) is 44.2 Å². The molecule has 1 rings (SSSR count). The van der Waals surface area contributed by atoms with Crippen molar-refractivity contribution in [2.45, 2.75) is 39.3 Å². The largest absolute Gasteiger partial charge is 0.347 e. The average Bonchev–Trinajstić information content (AvgIpc) is 2.25. The van der Waals surface area contributed by atoms with Gasteiger partial charge in [0.1, 0.15) is 0 Å². The van der Waals surface area contributed by atoms with Gasteiger partial charge in [-0.3, -0.25) is 4.79 Å².